The maximum absolute atomic E-state index is 14.3. The van der Waals surface area contributed by atoms with Gasteiger partial charge in [-0.2, -0.15) is 0 Å². The molecule has 2 aromatic carbocycles. The molecule has 1 atom stereocenters. The molecule has 0 unspecified atom stereocenters. The third-order valence-electron chi connectivity index (χ3n) is 5.86. The molecule has 1 aliphatic carbocycles. The average Bonchev–Trinajstić information content (AvgIpc) is 3.26. The van der Waals surface area contributed by atoms with Crippen LogP contribution >= 0.6 is 0 Å². The van der Waals surface area contributed by atoms with E-state index in [2.05, 4.69) is 5.32 Å². The summed E-state index contributed by atoms with van der Waals surface area (Å²) >= 11 is 0. The highest BCUT2D eigenvalue weighted by Gasteiger charge is 2.29. The maximum Gasteiger partial charge on any atom is 0.261 e. The molecule has 0 saturated heterocycles. The van der Waals surface area contributed by atoms with Gasteiger partial charge in [0, 0.05) is 18.2 Å². The third-order valence-corrected chi connectivity index (χ3v) is 5.86. The zero-order valence-corrected chi connectivity index (χ0v) is 18.5. The van der Waals surface area contributed by atoms with E-state index in [0.29, 0.717) is 11.3 Å². The average molecular weight is 427 g/mol. The summed E-state index contributed by atoms with van der Waals surface area (Å²) in [4.78, 5) is 27.4. The van der Waals surface area contributed by atoms with Crippen LogP contribution in [-0.4, -0.2) is 35.4 Å². The van der Waals surface area contributed by atoms with Crippen molar-refractivity contribution in [2.45, 2.75) is 65.1 Å². The van der Waals surface area contributed by atoms with Crippen molar-refractivity contribution in [3.63, 3.8) is 0 Å². The van der Waals surface area contributed by atoms with Gasteiger partial charge in [-0.25, -0.2) is 4.39 Å². The normalized spacial score (nSPS) is 14.8. The van der Waals surface area contributed by atoms with Gasteiger partial charge in [0.05, 0.1) is 0 Å². The van der Waals surface area contributed by atoms with Gasteiger partial charge in [-0.1, -0.05) is 43.2 Å². The SMILES string of the molecule is Cc1ccc(C)c(OCC(=O)N(Cc2ccccc2F)[C@H](C)C(=O)NC2CCCC2)c1. The zero-order valence-electron chi connectivity index (χ0n) is 18.5. The highest BCUT2D eigenvalue weighted by atomic mass is 19.1. The highest BCUT2D eigenvalue weighted by Crippen LogP contribution is 2.21. The molecule has 5 nitrogen and oxygen atoms in total. The maximum atomic E-state index is 14.3. The number of nitrogens with zero attached hydrogens (tertiary/aromatic N) is 1. The van der Waals surface area contributed by atoms with Gasteiger partial charge in [0.25, 0.3) is 5.91 Å². The molecule has 0 heterocycles. The molecule has 0 spiro atoms. The number of hydrogen-bond acceptors (Lipinski definition) is 3. The van der Waals surface area contributed by atoms with E-state index in [1.165, 1.54) is 11.0 Å². The van der Waals surface area contributed by atoms with Crippen LogP contribution in [0.2, 0.25) is 0 Å². The number of carbonyl (C=O) groups is 2. The molecule has 2 aromatic rings. The van der Waals surface area contributed by atoms with Gasteiger partial charge in [0.15, 0.2) is 6.61 Å². The minimum atomic E-state index is -0.741. The van der Waals surface area contributed by atoms with Crippen molar-refractivity contribution in [3.8, 4) is 5.75 Å². The molecular formula is C25H31FN2O3. The van der Waals surface area contributed by atoms with Crippen molar-refractivity contribution in [1.29, 1.82) is 0 Å². The molecule has 0 radical (unpaired) electrons. The predicted molar refractivity (Wildman–Crippen MR) is 118 cm³/mol. The Hall–Kier alpha value is -2.89. The number of rotatable bonds is 8. The Morgan fingerprint density at radius 1 is 1.16 bits per heavy atom. The molecule has 0 aromatic heterocycles. The Kier molecular flexibility index (Phi) is 7.66. The molecule has 1 saturated carbocycles. The van der Waals surface area contributed by atoms with Crippen LogP contribution in [0, 0.1) is 19.7 Å². The molecule has 0 aliphatic heterocycles. The van der Waals surface area contributed by atoms with E-state index in [1.807, 2.05) is 32.0 Å². The van der Waals surface area contributed by atoms with E-state index >= 15 is 0 Å². The fourth-order valence-electron chi connectivity index (χ4n) is 3.87. The fraction of sp³-hybridized carbons (Fsp3) is 0.440. The van der Waals surface area contributed by atoms with Crippen LogP contribution in [0.1, 0.15) is 49.3 Å². The zero-order chi connectivity index (χ0) is 22.4. The number of hydrogen-bond donors (Lipinski definition) is 1. The lowest BCUT2D eigenvalue weighted by molar-refractivity contribution is -0.142. The molecule has 3 rings (SSSR count). The van der Waals surface area contributed by atoms with Crippen LogP contribution in [0.25, 0.3) is 0 Å². The summed E-state index contributed by atoms with van der Waals surface area (Å²) < 4.78 is 20.1. The van der Waals surface area contributed by atoms with Crippen molar-refractivity contribution in [3.05, 3.63) is 65.0 Å². The highest BCUT2D eigenvalue weighted by molar-refractivity contribution is 5.88. The van der Waals surface area contributed by atoms with E-state index in [-0.39, 0.29) is 31.0 Å². The van der Waals surface area contributed by atoms with Crippen molar-refractivity contribution in [2.75, 3.05) is 6.61 Å². The van der Waals surface area contributed by atoms with Crippen LogP contribution in [0.4, 0.5) is 4.39 Å². The molecule has 1 aliphatic rings. The van der Waals surface area contributed by atoms with E-state index < -0.39 is 11.9 Å². The number of nitrogens with one attached hydrogen (secondary N) is 1. The van der Waals surface area contributed by atoms with E-state index in [4.69, 9.17) is 4.74 Å². The smallest absolute Gasteiger partial charge is 0.261 e. The van der Waals surface area contributed by atoms with Crippen molar-refractivity contribution in [2.24, 2.45) is 0 Å². The fourth-order valence-corrected chi connectivity index (χ4v) is 3.87. The second-order valence-corrected chi connectivity index (χ2v) is 8.34. The monoisotopic (exact) mass is 426 g/mol. The first-order valence-corrected chi connectivity index (χ1v) is 10.9. The standard InChI is InChI=1S/C25H31FN2O3/c1-17-12-13-18(2)23(14-17)31-16-24(29)28(15-20-8-4-7-11-22(20)26)19(3)25(30)27-21-9-5-6-10-21/h4,7-8,11-14,19,21H,5-6,9-10,15-16H2,1-3H3,(H,27,30)/t19-/m1/s1. The number of carbonyl (C=O) groups excluding carboxylic acids is 2. The summed E-state index contributed by atoms with van der Waals surface area (Å²) in [6, 6.07) is 11.5. The Labute approximate surface area is 183 Å². The lowest BCUT2D eigenvalue weighted by atomic mass is 10.1. The Morgan fingerprint density at radius 3 is 2.58 bits per heavy atom. The molecule has 1 fully saturated rings. The second kappa shape index (κ2) is 10.4. The number of ether oxygens (including phenoxy) is 1. The first-order valence-electron chi connectivity index (χ1n) is 10.9. The Balaban J connectivity index is 1.75. The summed E-state index contributed by atoms with van der Waals surface area (Å²) in [6.07, 6.45) is 4.10. The summed E-state index contributed by atoms with van der Waals surface area (Å²) in [5, 5.41) is 3.04. The van der Waals surface area contributed by atoms with Gasteiger partial charge in [0.1, 0.15) is 17.6 Å². The van der Waals surface area contributed by atoms with Crippen molar-refractivity contribution in [1.82, 2.24) is 10.2 Å². The van der Waals surface area contributed by atoms with Crippen LogP contribution in [0.15, 0.2) is 42.5 Å². The molecule has 31 heavy (non-hydrogen) atoms. The molecular weight excluding hydrogens is 395 g/mol. The summed E-state index contributed by atoms with van der Waals surface area (Å²) in [6.45, 7) is 5.32. The van der Waals surface area contributed by atoms with Gasteiger partial charge < -0.3 is 15.0 Å². The van der Waals surface area contributed by atoms with Gasteiger partial charge in [-0.3, -0.25) is 9.59 Å². The largest absolute Gasteiger partial charge is 0.483 e. The van der Waals surface area contributed by atoms with Crippen LogP contribution in [0.3, 0.4) is 0 Å². The topological polar surface area (TPSA) is 58.6 Å². The number of amides is 2. The Bertz CT molecular complexity index is 925. The van der Waals surface area contributed by atoms with Crippen LogP contribution in [0.5, 0.6) is 5.75 Å². The first-order chi connectivity index (χ1) is 14.8. The van der Waals surface area contributed by atoms with Gasteiger partial charge >= 0.3 is 0 Å². The van der Waals surface area contributed by atoms with Gasteiger partial charge in [-0.15, -0.1) is 0 Å². The minimum absolute atomic E-state index is 0.000912. The molecule has 2 amide bonds. The third kappa shape index (κ3) is 6.06. The molecule has 6 heteroatoms. The summed E-state index contributed by atoms with van der Waals surface area (Å²) in [5.74, 6) is -0.358. The van der Waals surface area contributed by atoms with Gasteiger partial charge in [-0.05, 0) is 56.9 Å². The lowest BCUT2D eigenvalue weighted by Crippen LogP contribution is -2.50. The second-order valence-electron chi connectivity index (χ2n) is 8.34. The van der Waals surface area contributed by atoms with E-state index in [1.54, 1.807) is 25.1 Å². The Morgan fingerprint density at radius 2 is 1.87 bits per heavy atom. The van der Waals surface area contributed by atoms with E-state index in [9.17, 15) is 14.0 Å². The predicted octanol–water partition coefficient (Wildman–Crippen LogP) is 4.30. The number of aryl methyl sites for hydroxylation is 2. The molecule has 1 N–H and O–H groups in total. The molecule has 166 valence electrons. The minimum Gasteiger partial charge on any atom is -0.483 e. The quantitative estimate of drug-likeness (QED) is 0.685. The van der Waals surface area contributed by atoms with Crippen LogP contribution < -0.4 is 10.1 Å². The summed E-state index contributed by atoms with van der Waals surface area (Å²) in [5.41, 5.74) is 2.31. The lowest BCUT2D eigenvalue weighted by Gasteiger charge is -2.30. The number of halogens is 1. The van der Waals surface area contributed by atoms with Crippen molar-refractivity contribution >= 4 is 11.8 Å². The molecule has 0 bridgehead atoms. The summed E-state index contributed by atoms with van der Waals surface area (Å²) in [7, 11) is 0. The van der Waals surface area contributed by atoms with Crippen molar-refractivity contribution < 1.29 is 18.7 Å². The van der Waals surface area contributed by atoms with E-state index in [0.717, 1.165) is 36.8 Å². The van der Waals surface area contributed by atoms with Gasteiger partial charge in [0.2, 0.25) is 5.91 Å². The number of benzene rings is 2. The first kappa shape index (κ1) is 22.8. The van der Waals surface area contributed by atoms with Crippen LogP contribution in [-0.2, 0) is 16.1 Å².